The number of aliphatic imine (C=N–C) groups is 1. The lowest BCUT2D eigenvalue weighted by molar-refractivity contribution is -0.0390. The first-order valence-electron chi connectivity index (χ1n) is 10.1. The van der Waals surface area contributed by atoms with E-state index in [-0.39, 0.29) is 0 Å². The topological polar surface area (TPSA) is 54.9 Å². The minimum Gasteiger partial charge on any atom is -0.381 e. The van der Waals surface area contributed by atoms with Crippen LogP contribution in [0.2, 0.25) is 0 Å². The highest BCUT2D eigenvalue weighted by Gasteiger charge is 2.13. The molecule has 1 aliphatic heterocycles. The van der Waals surface area contributed by atoms with Crippen molar-refractivity contribution in [1.82, 2.24) is 10.6 Å². The van der Waals surface area contributed by atoms with Crippen LogP contribution in [0.15, 0.2) is 29.3 Å². The van der Waals surface area contributed by atoms with Crippen LogP contribution in [0.1, 0.15) is 57.1 Å². The maximum Gasteiger partial charge on any atom is 0.191 e. The van der Waals surface area contributed by atoms with Crippen molar-refractivity contribution in [3.8, 4) is 0 Å². The Morgan fingerprint density at radius 3 is 2.50 bits per heavy atom. The summed E-state index contributed by atoms with van der Waals surface area (Å²) in [5.74, 6) is 0.899. The molecule has 26 heavy (non-hydrogen) atoms. The van der Waals surface area contributed by atoms with Crippen LogP contribution in [0.5, 0.6) is 0 Å². The molecule has 0 bridgehead atoms. The Morgan fingerprint density at radius 2 is 1.81 bits per heavy atom. The van der Waals surface area contributed by atoms with Gasteiger partial charge in [0.15, 0.2) is 5.96 Å². The third kappa shape index (κ3) is 8.19. The molecule has 1 aliphatic rings. The Kier molecular flexibility index (Phi) is 10.1. The van der Waals surface area contributed by atoms with Crippen LogP contribution in [0, 0.1) is 0 Å². The Bertz CT molecular complexity index is 510. The fourth-order valence-corrected chi connectivity index (χ4v) is 2.89. The second kappa shape index (κ2) is 12.7. The Morgan fingerprint density at radius 1 is 1.08 bits per heavy atom. The number of nitrogens with one attached hydrogen (secondary N) is 2. The van der Waals surface area contributed by atoms with Gasteiger partial charge >= 0.3 is 0 Å². The van der Waals surface area contributed by atoms with Crippen LogP contribution < -0.4 is 10.6 Å². The van der Waals surface area contributed by atoms with E-state index < -0.39 is 0 Å². The first-order chi connectivity index (χ1) is 12.8. The normalized spacial score (nSPS) is 15.8. The molecule has 0 amide bonds. The summed E-state index contributed by atoms with van der Waals surface area (Å²) in [6, 6.07) is 8.58. The second-order valence-corrected chi connectivity index (χ2v) is 6.77. The van der Waals surface area contributed by atoms with Gasteiger partial charge in [-0.3, -0.25) is 0 Å². The monoisotopic (exact) mass is 361 g/mol. The van der Waals surface area contributed by atoms with E-state index in [1.54, 1.807) is 0 Å². The van der Waals surface area contributed by atoms with E-state index in [0.29, 0.717) is 19.3 Å². The summed E-state index contributed by atoms with van der Waals surface area (Å²) in [6.07, 6.45) is 6.03. The van der Waals surface area contributed by atoms with Crippen molar-refractivity contribution in [1.29, 1.82) is 0 Å². The number of rotatable bonds is 10. The molecule has 1 heterocycles. The average molecular weight is 362 g/mol. The zero-order valence-electron chi connectivity index (χ0n) is 16.4. The Balaban J connectivity index is 1.76. The highest BCUT2D eigenvalue weighted by Crippen LogP contribution is 2.14. The van der Waals surface area contributed by atoms with Crippen molar-refractivity contribution in [2.45, 2.75) is 65.2 Å². The number of guanidine groups is 1. The molecule has 0 unspecified atom stereocenters. The molecule has 1 aromatic rings. The predicted molar refractivity (Wildman–Crippen MR) is 107 cm³/mol. The smallest absolute Gasteiger partial charge is 0.191 e. The first kappa shape index (κ1) is 20.7. The summed E-state index contributed by atoms with van der Waals surface area (Å²) < 4.78 is 11.3. The van der Waals surface area contributed by atoms with Crippen molar-refractivity contribution in [3.63, 3.8) is 0 Å². The van der Waals surface area contributed by atoms with Crippen molar-refractivity contribution >= 4 is 5.96 Å². The van der Waals surface area contributed by atoms with E-state index in [9.17, 15) is 0 Å². The van der Waals surface area contributed by atoms with E-state index in [1.807, 2.05) is 0 Å². The maximum atomic E-state index is 5.98. The van der Waals surface area contributed by atoms with Gasteiger partial charge in [0.1, 0.15) is 0 Å². The molecular formula is C21H35N3O2. The van der Waals surface area contributed by atoms with E-state index in [0.717, 1.165) is 45.1 Å². The van der Waals surface area contributed by atoms with Crippen molar-refractivity contribution in [3.05, 3.63) is 35.4 Å². The van der Waals surface area contributed by atoms with Crippen molar-refractivity contribution in [2.75, 3.05) is 26.3 Å². The molecule has 1 aromatic carbocycles. The predicted octanol–water partition coefficient (Wildman–Crippen LogP) is 3.63. The molecule has 2 rings (SSSR count). The van der Waals surface area contributed by atoms with E-state index in [1.165, 1.54) is 30.4 Å². The summed E-state index contributed by atoms with van der Waals surface area (Å²) in [4.78, 5) is 4.68. The van der Waals surface area contributed by atoms with Gasteiger partial charge in [-0.05, 0) is 37.3 Å². The molecule has 0 atom stereocenters. The summed E-state index contributed by atoms with van der Waals surface area (Å²) in [5, 5.41) is 6.71. The molecule has 0 aromatic heterocycles. The fourth-order valence-electron chi connectivity index (χ4n) is 2.89. The van der Waals surface area contributed by atoms with Crippen LogP contribution >= 0.6 is 0 Å². The molecule has 5 heteroatoms. The van der Waals surface area contributed by atoms with Gasteiger partial charge in [0.2, 0.25) is 0 Å². The Hall–Kier alpha value is -1.59. The third-order valence-corrected chi connectivity index (χ3v) is 4.51. The molecular weight excluding hydrogens is 326 g/mol. The fraction of sp³-hybridized carbons (Fsp3) is 0.667. The number of hydrogen-bond donors (Lipinski definition) is 2. The van der Waals surface area contributed by atoms with Crippen LogP contribution in [0.3, 0.4) is 0 Å². The van der Waals surface area contributed by atoms with Gasteiger partial charge < -0.3 is 20.1 Å². The minimum atomic E-state index is 0.342. The van der Waals surface area contributed by atoms with Gasteiger partial charge in [0.05, 0.1) is 19.3 Å². The molecule has 0 radical (unpaired) electrons. The zero-order chi connectivity index (χ0) is 18.5. The molecule has 1 saturated heterocycles. The number of ether oxygens (including phenoxy) is 2. The number of unbranched alkanes of at least 4 members (excludes halogenated alkanes) is 2. The summed E-state index contributed by atoms with van der Waals surface area (Å²) in [7, 11) is 0. The van der Waals surface area contributed by atoms with Crippen molar-refractivity contribution in [2.24, 2.45) is 4.99 Å². The molecule has 0 spiro atoms. The molecule has 146 valence electrons. The largest absolute Gasteiger partial charge is 0.381 e. The molecule has 1 fully saturated rings. The lowest BCUT2D eigenvalue weighted by Gasteiger charge is -2.22. The van der Waals surface area contributed by atoms with Gasteiger partial charge in [0, 0.05) is 26.3 Å². The van der Waals surface area contributed by atoms with Crippen LogP contribution in [-0.2, 0) is 22.6 Å². The van der Waals surface area contributed by atoms with Crippen LogP contribution in [0.4, 0.5) is 0 Å². The van der Waals surface area contributed by atoms with E-state index in [2.05, 4.69) is 53.7 Å². The van der Waals surface area contributed by atoms with Gasteiger partial charge in [-0.25, -0.2) is 4.99 Å². The standard InChI is InChI=1S/C21H35N3O2/c1-3-5-6-13-23-21(22-4-2)24-16-18-7-9-19(10-8-18)17-26-20-11-14-25-15-12-20/h7-10,20H,3-6,11-17H2,1-2H3,(H2,22,23,24). The van der Waals surface area contributed by atoms with Crippen LogP contribution in [-0.4, -0.2) is 38.4 Å². The van der Waals surface area contributed by atoms with E-state index in [4.69, 9.17) is 9.47 Å². The molecule has 5 nitrogen and oxygen atoms in total. The molecule has 0 aliphatic carbocycles. The Labute approximate surface area is 158 Å². The van der Waals surface area contributed by atoms with Gasteiger partial charge in [-0.2, -0.15) is 0 Å². The van der Waals surface area contributed by atoms with E-state index >= 15 is 0 Å². The third-order valence-electron chi connectivity index (χ3n) is 4.51. The second-order valence-electron chi connectivity index (χ2n) is 6.77. The lowest BCUT2D eigenvalue weighted by Crippen LogP contribution is -2.37. The summed E-state index contributed by atoms with van der Waals surface area (Å²) >= 11 is 0. The quantitative estimate of drug-likeness (QED) is 0.380. The SMILES string of the molecule is CCCCCNC(=NCc1ccc(COC2CCOCC2)cc1)NCC. The van der Waals surface area contributed by atoms with Gasteiger partial charge in [-0.15, -0.1) is 0 Å². The maximum absolute atomic E-state index is 5.98. The van der Waals surface area contributed by atoms with Gasteiger partial charge in [-0.1, -0.05) is 44.0 Å². The number of nitrogens with zero attached hydrogens (tertiary/aromatic N) is 1. The van der Waals surface area contributed by atoms with Crippen molar-refractivity contribution < 1.29 is 9.47 Å². The highest BCUT2D eigenvalue weighted by molar-refractivity contribution is 5.79. The van der Waals surface area contributed by atoms with Crippen LogP contribution in [0.25, 0.3) is 0 Å². The van der Waals surface area contributed by atoms with Gasteiger partial charge in [0.25, 0.3) is 0 Å². The minimum absolute atomic E-state index is 0.342. The highest BCUT2D eigenvalue weighted by atomic mass is 16.5. The first-order valence-corrected chi connectivity index (χ1v) is 10.1. The molecule has 0 saturated carbocycles. The summed E-state index contributed by atoms with van der Waals surface area (Å²) in [5.41, 5.74) is 2.43. The lowest BCUT2D eigenvalue weighted by atomic mass is 10.1. The summed E-state index contributed by atoms with van der Waals surface area (Å²) in [6.45, 7) is 9.17. The number of benzene rings is 1. The average Bonchev–Trinajstić information content (AvgIpc) is 2.69. The molecule has 2 N–H and O–H groups in total. The zero-order valence-corrected chi connectivity index (χ0v) is 16.4. The number of hydrogen-bond acceptors (Lipinski definition) is 3.